The Morgan fingerprint density at radius 2 is 1.75 bits per heavy atom. The molecule has 2 aromatic heterocycles. The van der Waals surface area contributed by atoms with Gasteiger partial charge < -0.3 is 9.24 Å². The average Bonchev–Trinajstić information content (AvgIpc) is 3.08. The molecule has 0 radical (unpaired) electrons. The minimum atomic E-state index is -0.785. The number of carbonyl (C=O) groups excluding carboxylic acids is 3. The lowest BCUT2D eigenvalue weighted by Gasteiger charge is -2.12. The number of imide groups is 1. The highest BCUT2D eigenvalue weighted by Crippen LogP contribution is 2.23. The standard InChI is InChI=1S/C17H11N3O4/c1-10-14-8-11(6-7-19(14)9-18-10)17(23)24-20-15(21)12-4-2-3-5-13(12)16(20)22/h2-9H,1H3. The highest BCUT2D eigenvalue weighted by atomic mass is 16.7. The van der Waals surface area contributed by atoms with Gasteiger partial charge in [0.15, 0.2) is 0 Å². The highest BCUT2D eigenvalue weighted by molar-refractivity contribution is 6.21. The zero-order valence-corrected chi connectivity index (χ0v) is 12.6. The van der Waals surface area contributed by atoms with Crippen LogP contribution in [0, 0.1) is 6.92 Å². The number of rotatable bonds is 2. The van der Waals surface area contributed by atoms with E-state index in [9.17, 15) is 14.4 Å². The second kappa shape index (κ2) is 5.02. The first-order chi connectivity index (χ1) is 11.6. The van der Waals surface area contributed by atoms with E-state index in [-0.39, 0.29) is 16.7 Å². The molecule has 1 aliphatic heterocycles. The lowest BCUT2D eigenvalue weighted by atomic mass is 10.1. The van der Waals surface area contributed by atoms with Crippen molar-refractivity contribution in [2.45, 2.75) is 6.92 Å². The van der Waals surface area contributed by atoms with Crippen LogP contribution in [0.25, 0.3) is 5.52 Å². The van der Waals surface area contributed by atoms with E-state index in [1.165, 1.54) is 18.2 Å². The molecule has 0 N–H and O–H groups in total. The Bertz CT molecular complexity index is 987. The van der Waals surface area contributed by atoms with E-state index in [0.29, 0.717) is 5.06 Å². The van der Waals surface area contributed by atoms with E-state index in [0.717, 1.165) is 11.2 Å². The van der Waals surface area contributed by atoms with Gasteiger partial charge in [0.1, 0.15) is 0 Å². The molecule has 118 valence electrons. The summed E-state index contributed by atoms with van der Waals surface area (Å²) in [7, 11) is 0. The molecule has 0 atom stereocenters. The Morgan fingerprint density at radius 1 is 1.08 bits per heavy atom. The van der Waals surface area contributed by atoms with Gasteiger partial charge in [-0.2, -0.15) is 0 Å². The number of fused-ring (bicyclic) bond motifs is 2. The minimum absolute atomic E-state index is 0.220. The largest absolute Gasteiger partial charge is 0.364 e. The first kappa shape index (κ1) is 14.1. The molecule has 2 amide bonds. The summed E-state index contributed by atoms with van der Waals surface area (Å²) in [5.74, 6) is -2.08. The van der Waals surface area contributed by atoms with Crippen LogP contribution < -0.4 is 0 Å². The monoisotopic (exact) mass is 321 g/mol. The predicted molar refractivity (Wildman–Crippen MR) is 82.3 cm³/mol. The van der Waals surface area contributed by atoms with Crippen LogP contribution in [-0.4, -0.2) is 32.2 Å². The number of carbonyl (C=O) groups is 3. The fourth-order valence-electron chi connectivity index (χ4n) is 2.63. The number of nitrogens with zero attached hydrogens (tertiary/aromatic N) is 3. The normalized spacial score (nSPS) is 13.5. The number of hydrogen-bond acceptors (Lipinski definition) is 5. The molecule has 0 aliphatic carbocycles. The third-order valence-corrected chi connectivity index (χ3v) is 3.90. The lowest BCUT2D eigenvalue weighted by Crippen LogP contribution is -2.32. The van der Waals surface area contributed by atoms with Crippen LogP contribution in [-0.2, 0) is 4.84 Å². The summed E-state index contributed by atoms with van der Waals surface area (Å²) >= 11 is 0. The number of aryl methyl sites for hydroxylation is 1. The molecule has 4 rings (SSSR count). The zero-order valence-electron chi connectivity index (χ0n) is 12.6. The fourth-order valence-corrected chi connectivity index (χ4v) is 2.63. The Balaban J connectivity index is 1.63. The lowest BCUT2D eigenvalue weighted by molar-refractivity contribution is -0.0584. The van der Waals surface area contributed by atoms with Crippen LogP contribution in [0.3, 0.4) is 0 Å². The summed E-state index contributed by atoms with van der Waals surface area (Å²) in [6.45, 7) is 1.81. The number of hydroxylamine groups is 2. The minimum Gasteiger partial charge on any atom is -0.324 e. The number of imidazole rings is 1. The smallest absolute Gasteiger partial charge is 0.324 e. The summed E-state index contributed by atoms with van der Waals surface area (Å²) in [5, 5.41) is 0.500. The van der Waals surface area contributed by atoms with Crippen LogP contribution in [0.1, 0.15) is 36.8 Å². The molecular weight excluding hydrogens is 310 g/mol. The third-order valence-electron chi connectivity index (χ3n) is 3.90. The Hall–Kier alpha value is -3.48. The van der Waals surface area contributed by atoms with E-state index in [1.54, 1.807) is 35.1 Å². The second-order valence-electron chi connectivity index (χ2n) is 5.37. The molecule has 3 heterocycles. The van der Waals surface area contributed by atoms with E-state index < -0.39 is 17.8 Å². The predicted octanol–water partition coefficient (Wildman–Crippen LogP) is 2.01. The summed E-state index contributed by atoms with van der Waals surface area (Å²) < 4.78 is 1.76. The van der Waals surface area contributed by atoms with Crippen molar-refractivity contribution in [3.63, 3.8) is 0 Å². The number of pyridine rings is 1. The Labute approximate surface area is 136 Å². The van der Waals surface area contributed by atoms with Crippen molar-refractivity contribution in [3.8, 4) is 0 Å². The first-order valence-corrected chi connectivity index (χ1v) is 7.19. The first-order valence-electron chi connectivity index (χ1n) is 7.19. The van der Waals surface area contributed by atoms with Gasteiger partial charge >= 0.3 is 5.97 Å². The van der Waals surface area contributed by atoms with Crippen molar-refractivity contribution in [3.05, 3.63) is 71.3 Å². The second-order valence-corrected chi connectivity index (χ2v) is 5.37. The van der Waals surface area contributed by atoms with Gasteiger partial charge in [-0.25, -0.2) is 9.78 Å². The zero-order chi connectivity index (χ0) is 16.8. The topological polar surface area (TPSA) is 81.0 Å². The number of benzene rings is 1. The summed E-state index contributed by atoms with van der Waals surface area (Å²) in [4.78, 5) is 45.9. The van der Waals surface area contributed by atoms with E-state index in [4.69, 9.17) is 4.84 Å². The Morgan fingerprint density at radius 3 is 2.42 bits per heavy atom. The molecule has 0 fully saturated rings. The molecule has 0 spiro atoms. The van der Waals surface area contributed by atoms with Gasteiger partial charge in [-0.15, -0.1) is 0 Å². The van der Waals surface area contributed by atoms with Crippen LogP contribution in [0.2, 0.25) is 0 Å². The van der Waals surface area contributed by atoms with Crippen molar-refractivity contribution >= 4 is 23.3 Å². The molecular formula is C17H11N3O4. The molecule has 0 bridgehead atoms. The van der Waals surface area contributed by atoms with Crippen molar-refractivity contribution in [1.29, 1.82) is 0 Å². The molecule has 1 aliphatic rings. The molecule has 1 aromatic carbocycles. The quantitative estimate of drug-likeness (QED) is 0.674. The van der Waals surface area contributed by atoms with E-state index in [1.807, 2.05) is 6.92 Å². The molecule has 24 heavy (non-hydrogen) atoms. The SMILES string of the molecule is Cc1ncn2ccc(C(=O)ON3C(=O)c4ccccc4C3=O)cc12. The van der Waals surface area contributed by atoms with E-state index >= 15 is 0 Å². The van der Waals surface area contributed by atoms with Crippen molar-refractivity contribution < 1.29 is 19.2 Å². The van der Waals surface area contributed by atoms with Crippen LogP contribution in [0.4, 0.5) is 0 Å². The summed E-state index contributed by atoms with van der Waals surface area (Å²) in [6, 6.07) is 9.46. The van der Waals surface area contributed by atoms with Gasteiger partial charge in [-0.05, 0) is 31.2 Å². The number of aromatic nitrogens is 2. The molecule has 0 unspecified atom stereocenters. The van der Waals surface area contributed by atoms with Gasteiger partial charge in [0.2, 0.25) is 0 Å². The maximum absolute atomic E-state index is 12.3. The molecule has 7 nitrogen and oxygen atoms in total. The van der Waals surface area contributed by atoms with Gasteiger partial charge in [-0.3, -0.25) is 9.59 Å². The number of amides is 2. The molecule has 0 saturated heterocycles. The van der Waals surface area contributed by atoms with Crippen LogP contribution in [0.5, 0.6) is 0 Å². The maximum atomic E-state index is 12.3. The van der Waals surface area contributed by atoms with Gasteiger partial charge in [0.05, 0.1) is 34.2 Å². The maximum Gasteiger partial charge on any atom is 0.364 e. The van der Waals surface area contributed by atoms with Crippen LogP contribution in [0.15, 0.2) is 48.9 Å². The van der Waals surface area contributed by atoms with Crippen molar-refractivity contribution in [2.75, 3.05) is 0 Å². The summed E-state index contributed by atoms with van der Waals surface area (Å²) in [5.41, 5.74) is 2.16. The Kier molecular flexibility index (Phi) is 2.96. The van der Waals surface area contributed by atoms with E-state index in [2.05, 4.69) is 4.98 Å². The van der Waals surface area contributed by atoms with Crippen LogP contribution >= 0.6 is 0 Å². The average molecular weight is 321 g/mol. The number of hydrogen-bond donors (Lipinski definition) is 0. The fraction of sp³-hybridized carbons (Fsp3) is 0.0588. The summed E-state index contributed by atoms with van der Waals surface area (Å²) in [6.07, 6.45) is 3.29. The molecule has 7 heteroatoms. The third kappa shape index (κ3) is 1.98. The molecule has 3 aromatic rings. The van der Waals surface area contributed by atoms with Gasteiger partial charge in [-0.1, -0.05) is 17.2 Å². The van der Waals surface area contributed by atoms with Gasteiger partial charge in [0, 0.05) is 6.20 Å². The van der Waals surface area contributed by atoms with Crippen molar-refractivity contribution in [2.24, 2.45) is 0 Å². The molecule has 0 saturated carbocycles. The van der Waals surface area contributed by atoms with Crippen molar-refractivity contribution in [1.82, 2.24) is 14.4 Å². The van der Waals surface area contributed by atoms with Gasteiger partial charge in [0.25, 0.3) is 11.8 Å². The highest BCUT2D eigenvalue weighted by Gasteiger charge is 2.38.